The van der Waals surface area contributed by atoms with E-state index in [1.54, 1.807) is 18.2 Å². The van der Waals surface area contributed by atoms with Gasteiger partial charge < -0.3 is 14.7 Å². The summed E-state index contributed by atoms with van der Waals surface area (Å²) in [7, 11) is 5.82. The summed E-state index contributed by atoms with van der Waals surface area (Å²) >= 11 is 0. The fraction of sp³-hybridized carbons (Fsp3) is 0.0714. The van der Waals surface area contributed by atoms with Crippen molar-refractivity contribution in [3.05, 3.63) is 178 Å². The van der Waals surface area contributed by atoms with E-state index in [0.717, 1.165) is 50.8 Å². The molecule has 1 aliphatic carbocycles. The van der Waals surface area contributed by atoms with E-state index in [1.807, 2.05) is 145 Å². The van der Waals surface area contributed by atoms with Gasteiger partial charge >= 0.3 is 0 Å². The summed E-state index contributed by atoms with van der Waals surface area (Å²) in [6.45, 7) is 0. The van der Waals surface area contributed by atoms with Crippen molar-refractivity contribution in [1.82, 2.24) is 0 Å². The molecule has 0 spiro atoms. The molecule has 0 atom stereocenters. The lowest BCUT2D eigenvalue weighted by molar-refractivity contribution is -0.124. The zero-order valence-electron chi connectivity index (χ0n) is 26.9. The average Bonchev–Trinajstić information content (AvgIpc) is 3.11. The average molecular weight is 628 g/mol. The van der Waals surface area contributed by atoms with Crippen LogP contribution in [0, 0.1) is 0 Å². The first-order valence-electron chi connectivity index (χ1n) is 15.7. The van der Waals surface area contributed by atoms with Crippen LogP contribution in [-0.4, -0.2) is 38.5 Å². The molecule has 0 bridgehead atoms. The van der Waals surface area contributed by atoms with Crippen molar-refractivity contribution in [1.29, 1.82) is 0 Å². The van der Waals surface area contributed by atoms with E-state index in [1.165, 1.54) is 18.2 Å². The lowest BCUT2D eigenvalue weighted by Gasteiger charge is -2.26. The van der Waals surface area contributed by atoms with Crippen LogP contribution in [0.25, 0.3) is 18.2 Å². The van der Waals surface area contributed by atoms with E-state index in [0.29, 0.717) is 0 Å². The minimum absolute atomic E-state index is 0.0622. The molecule has 0 unspecified atom stereocenters. The number of nitrogens with zero attached hydrogens (tertiary/aromatic N) is 3. The Morgan fingerprint density at radius 3 is 0.938 bits per heavy atom. The van der Waals surface area contributed by atoms with Crippen molar-refractivity contribution in [3.63, 3.8) is 0 Å². The number of rotatable bonds is 3. The van der Waals surface area contributed by atoms with Gasteiger partial charge in [-0.1, -0.05) is 72.8 Å². The molecule has 1 fully saturated rings. The molecule has 234 valence electrons. The number of benzene rings is 3. The van der Waals surface area contributed by atoms with Gasteiger partial charge in [-0.15, -0.1) is 0 Å². The Morgan fingerprint density at radius 1 is 0.375 bits per heavy atom. The molecule has 3 aromatic carbocycles. The number of carbonyl (C=O) groups is 3. The molecule has 1 saturated carbocycles. The largest absolute Gasteiger partial charge is 0.344 e. The molecule has 0 aromatic heterocycles. The van der Waals surface area contributed by atoms with Crippen LogP contribution in [0.3, 0.4) is 0 Å². The number of hydrogen-bond acceptors (Lipinski definition) is 6. The van der Waals surface area contributed by atoms with Crippen molar-refractivity contribution >= 4 is 52.6 Å². The molecule has 0 radical (unpaired) electrons. The minimum atomic E-state index is -0.599. The molecule has 3 heterocycles. The van der Waals surface area contributed by atoms with Gasteiger partial charge in [-0.25, -0.2) is 0 Å². The lowest BCUT2D eigenvalue weighted by atomic mass is 9.82. The molecule has 0 amide bonds. The molecular weight excluding hydrogens is 594 g/mol. The number of hydrogen-bond donors (Lipinski definition) is 0. The van der Waals surface area contributed by atoms with E-state index < -0.39 is 17.3 Å². The van der Waals surface area contributed by atoms with Gasteiger partial charge in [-0.05, 0) is 89.6 Å². The van der Waals surface area contributed by atoms with Gasteiger partial charge in [0.05, 0.1) is 16.7 Å². The zero-order valence-corrected chi connectivity index (χ0v) is 26.9. The number of likely N-dealkylation sites (N-methyl/N-ethyl adjacent to an activating group) is 3. The van der Waals surface area contributed by atoms with Gasteiger partial charge in [0.25, 0.3) is 0 Å². The third-order valence-corrected chi connectivity index (χ3v) is 9.09. The molecule has 3 aromatic rings. The highest BCUT2D eigenvalue weighted by atomic mass is 16.2. The Kier molecular flexibility index (Phi) is 7.91. The first-order valence-corrected chi connectivity index (χ1v) is 15.7. The highest BCUT2D eigenvalue weighted by molar-refractivity contribution is 6.52. The van der Waals surface area contributed by atoms with Crippen molar-refractivity contribution < 1.29 is 14.4 Å². The standard InChI is InChI=1S/C42H33N3O3/c1-43-31(19-16-28-10-4-7-13-37(28)43)22-25-34-40(46)35(26-23-32-20-17-29-11-5-8-14-38(29)44(32)2)42(48)36(41(34)47)27-24-33-21-18-30-12-6-9-15-39(30)45(33)3/h4-27H,1-3H3/b31-22-,32-23-,33-24+,34-25?,35-26?,36-27?. The molecule has 6 nitrogen and oxygen atoms in total. The number of Topliss-reactive ketones (excluding diaryl/α,β-unsaturated/α-hetero) is 3. The van der Waals surface area contributed by atoms with Crippen molar-refractivity contribution in [2.24, 2.45) is 0 Å². The molecule has 0 saturated heterocycles. The van der Waals surface area contributed by atoms with Crippen LogP contribution < -0.4 is 14.7 Å². The summed E-state index contributed by atoms with van der Waals surface area (Å²) in [5.41, 5.74) is 8.49. The minimum Gasteiger partial charge on any atom is -0.344 e. The summed E-state index contributed by atoms with van der Waals surface area (Å²) in [6.07, 6.45) is 21.7. The van der Waals surface area contributed by atoms with Crippen LogP contribution in [0.1, 0.15) is 16.7 Å². The second kappa shape index (κ2) is 12.5. The Bertz CT molecular complexity index is 1910. The van der Waals surface area contributed by atoms with Gasteiger partial charge in [-0.2, -0.15) is 0 Å². The highest BCUT2D eigenvalue weighted by Gasteiger charge is 2.37. The number of fused-ring (bicyclic) bond motifs is 3. The first kappa shape index (κ1) is 30.4. The van der Waals surface area contributed by atoms with E-state index in [9.17, 15) is 14.4 Å². The molecule has 0 N–H and O–H groups in total. The zero-order chi connectivity index (χ0) is 33.4. The molecule has 4 aliphatic rings. The van der Waals surface area contributed by atoms with Crippen molar-refractivity contribution in [3.8, 4) is 0 Å². The van der Waals surface area contributed by atoms with E-state index >= 15 is 0 Å². The van der Waals surface area contributed by atoms with Gasteiger partial charge in [0.1, 0.15) is 0 Å². The fourth-order valence-electron chi connectivity index (χ4n) is 6.29. The van der Waals surface area contributed by atoms with Gasteiger partial charge in [0.15, 0.2) is 0 Å². The molecule has 6 heteroatoms. The number of allylic oxidation sites excluding steroid dienone is 12. The topological polar surface area (TPSA) is 60.9 Å². The number of carbonyl (C=O) groups excluding carboxylic acids is 3. The predicted molar refractivity (Wildman–Crippen MR) is 195 cm³/mol. The molecular formula is C42H33N3O3. The van der Waals surface area contributed by atoms with Crippen LogP contribution in [0.2, 0.25) is 0 Å². The molecule has 3 aliphatic heterocycles. The number of anilines is 3. The van der Waals surface area contributed by atoms with Crippen molar-refractivity contribution in [2.75, 3.05) is 35.8 Å². The summed E-state index contributed by atoms with van der Waals surface area (Å²) in [5, 5.41) is 0. The first-order chi connectivity index (χ1) is 23.3. The summed E-state index contributed by atoms with van der Waals surface area (Å²) in [5.74, 6) is -1.80. The van der Waals surface area contributed by atoms with Crippen LogP contribution in [0.5, 0.6) is 0 Å². The SMILES string of the molecule is CN1/C(=C\C=C2C(=O)C(=C/C=C3/C=Cc4ccccc4N3C)C(=O)C(=C/C=C3\C=Cc4ccccc4N3C)C2=O)C=Cc2ccccc21. The number of ketones is 3. The summed E-state index contributed by atoms with van der Waals surface area (Å²) in [4.78, 5) is 47.8. The maximum absolute atomic E-state index is 13.9. The van der Waals surface area contributed by atoms with Crippen LogP contribution in [-0.2, 0) is 14.4 Å². The molecule has 7 rings (SSSR count). The third-order valence-electron chi connectivity index (χ3n) is 9.09. The van der Waals surface area contributed by atoms with E-state index in [-0.39, 0.29) is 16.7 Å². The molecule has 48 heavy (non-hydrogen) atoms. The second-order valence-electron chi connectivity index (χ2n) is 11.9. The van der Waals surface area contributed by atoms with E-state index in [4.69, 9.17) is 0 Å². The normalized spacial score (nSPS) is 21.1. The van der Waals surface area contributed by atoms with Gasteiger partial charge in [0, 0.05) is 55.3 Å². The summed E-state index contributed by atoms with van der Waals surface area (Å²) < 4.78 is 0. The Morgan fingerprint density at radius 2 is 0.646 bits per heavy atom. The lowest BCUT2D eigenvalue weighted by Crippen LogP contribution is -2.31. The van der Waals surface area contributed by atoms with Crippen LogP contribution in [0.4, 0.5) is 17.1 Å². The Labute approximate surface area is 280 Å². The number of para-hydroxylation sites is 3. The van der Waals surface area contributed by atoms with E-state index in [2.05, 4.69) is 0 Å². The van der Waals surface area contributed by atoms with Gasteiger partial charge in [-0.3, -0.25) is 14.4 Å². The predicted octanol–water partition coefficient (Wildman–Crippen LogP) is 7.63. The summed E-state index contributed by atoms with van der Waals surface area (Å²) in [6, 6.07) is 24.0. The monoisotopic (exact) mass is 627 g/mol. The Balaban J connectivity index is 1.29. The smallest absolute Gasteiger partial charge is 0.200 e. The fourth-order valence-corrected chi connectivity index (χ4v) is 6.29. The Hall–Kier alpha value is -6.27. The highest BCUT2D eigenvalue weighted by Crippen LogP contribution is 2.33. The quantitative estimate of drug-likeness (QED) is 0.220. The maximum atomic E-state index is 13.9. The third kappa shape index (κ3) is 5.43. The van der Waals surface area contributed by atoms with Crippen LogP contribution in [0.15, 0.2) is 161 Å². The van der Waals surface area contributed by atoms with Gasteiger partial charge in [0.2, 0.25) is 17.3 Å². The maximum Gasteiger partial charge on any atom is 0.200 e. The van der Waals surface area contributed by atoms with Crippen LogP contribution >= 0.6 is 0 Å². The van der Waals surface area contributed by atoms with Crippen molar-refractivity contribution in [2.45, 2.75) is 0 Å². The second-order valence-corrected chi connectivity index (χ2v) is 11.9.